The minimum absolute atomic E-state index is 0.194. The molecular formula is C13H17N3OS. The maximum absolute atomic E-state index is 11.4. The number of thiocarbonyl (C=S) groups is 1. The van der Waals surface area contributed by atoms with Crippen molar-refractivity contribution in [3.05, 3.63) is 29.3 Å². The lowest BCUT2D eigenvalue weighted by Crippen LogP contribution is -2.40. The molecule has 1 aromatic rings. The van der Waals surface area contributed by atoms with E-state index in [0.717, 1.165) is 36.2 Å². The van der Waals surface area contributed by atoms with E-state index >= 15 is 0 Å². The smallest absolute Gasteiger partial charge is 0.240 e. The van der Waals surface area contributed by atoms with Crippen LogP contribution in [-0.4, -0.2) is 23.5 Å². The van der Waals surface area contributed by atoms with Crippen molar-refractivity contribution < 1.29 is 4.79 Å². The van der Waals surface area contributed by atoms with Gasteiger partial charge >= 0.3 is 0 Å². The standard InChI is InChI=1S/C13H17N3OS/c1-8-7-9(4-5-10(8)13(15)18)16-6-2-3-11(16)12(14)17/h4-5,7,11H,2-3,6H2,1H3,(H2,14,17)(H2,15,18). The van der Waals surface area contributed by atoms with E-state index in [-0.39, 0.29) is 11.9 Å². The van der Waals surface area contributed by atoms with Crippen molar-refractivity contribution in [1.82, 2.24) is 0 Å². The number of anilines is 1. The zero-order chi connectivity index (χ0) is 13.3. The summed E-state index contributed by atoms with van der Waals surface area (Å²) in [6.07, 6.45) is 1.81. The molecule has 96 valence electrons. The molecule has 0 bridgehead atoms. The zero-order valence-electron chi connectivity index (χ0n) is 10.3. The fraction of sp³-hybridized carbons (Fsp3) is 0.385. The summed E-state index contributed by atoms with van der Waals surface area (Å²) in [6.45, 7) is 2.83. The Morgan fingerprint density at radius 2 is 2.17 bits per heavy atom. The van der Waals surface area contributed by atoms with E-state index < -0.39 is 0 Å². The highest BCUT2D eigenvalue weighted by Crippen LogP contribution is 2.27. The Morgan fingerprint density at radius 1 is 1.44 bits per heavy atom. The van der Waals surface area contributed by atoms with Gasteiger partial charge in [0, 0.05) is 17.8 Å². The third-order valence-corrected chi connectivity index (χ3v) is 3.61. The zero-order valence-corrected chi connectivity index (χ0v) is 11.2. The Hall–Kier alpha value is -1.62. The molecular weight excluding hydrogens is 246 g/mol. The van der Waals surface area contributed by atoms with E-state index in [4.69, 9.17) is 23.7 Å². The van der Waals surface area contributed by atoms with Crippen molar-refractivity contribution in [3.8, 4) is 0 Å². The molecule has 1 fully saturated rings. The maximum Gasteiger partial charge on any atom is 0.240 e. The van der Waals surface area contributed by atoms with E-state index in [1.165, 1.54) is 0 Å². The van der Waals surface area contributed by atoms with Gasteiger partial charge in [0.15, 0.2) is 0 Å². The maximum atomic E-state index is 11.4. The summed E-state index contributed by atoms with van der Waals surface area (Å²) in [5, 5.41) is 0. The number of primary amides is 1. The highest BCUT2D eigenvalue weighted by atomic mass is 32.1. The fourth-order valence-electron chi connectivity index (χ4n) is 2.47. The molecule has 0 saturated carbocycles. The summed E-state index contributed by atoms with van der Waals surface area (Å²) >= 11 is 4.98. The minimum atomic E-state index is -0.261. The van der Waals surface area contributed by atoms with Gasteiger partial charge in [-0.05, 0) is 43.5 Å². The average Bonchev–Trinajstić information content (AvgIpc) is 2.77. The largest absolute Gasteiger partial charge is 0.389 e. The van der Waals surface area contributed by atoms with Crippen molar-refractivity contribution >= 4 is 28.8 Å². The number of amides is 1. The number of carbonyl (C=O) groups excluding carboxylic acids is 1. The third-order valence-electron chi connectivity index (χ3n) is 3.39. The molecule has 0 spiro atoms. The molecule has 1 atom stereocenters. The molecule has 1 aliphatic rings. The van der Waals surface area contributed by atoms with Gasteiger partial charge < -0.3 is 16.4 Å². The first-order valence-electron chi connectivity index (χ1n) is 5.97. The van der Waals surface area contributed by atoms with Crippen LogP contribution in [0.15, 0.2) is 18.2 Å². The van der Waals surface area contributed by atoms with E-state index in [1.54, 1.807) is 0 Å². The van der Waals surface area contributed by atoms with Crippen molar-refractivity contribution in [2.45, 2.75) is 25.8 Å². The molecule has 1 heterocycles. The van der Waals surface area contributed by atoms with Crippen LogP contribution in [0.25, 0.3) is 0 Å². The molecule has 1 saturated heterocycles. The Kier molecular flexibility index (Phi) is 3.52. The molecule has 0 radical (unpaired) electrons. The van der Waals surface area contributed by atoms with Gasteiger partial charge in [0.2, 0.25) is 5.91 Å². The summed E-state index contributed by atoms with van der Waals surface area (Å²) in [5.41, 5.74) is 14.0. The summed E-state index contributed by atoms with van der Waals surface area (Å²) in [4.78, 5) is 13.8. The van der Waals surface area contributed by atoms with Gasteiger partial charge in [0.05, 0.1) is 0 Å². The number of benzene rings is 1. The first-order valence-corrected chi connectivity index (χ1v) is 6.38. The second kappa shape index (κ2) is 4.94. The molecule has 4 nitrogen and oxygen atoms in total. The van der Waals surface area contributed by atoms with E-state index in [1.807, 2.05) is 25.1 Å². The Labute approximate surface area is 112 Å². The second-order valence-corrected chi connectivity index (χ2v) is 5.06. The predicted molar refractivity (Wildman–Crippen MR) is 76.6 cm³/mol. The van der Waals surface area contributed by atoms with Gasteiger partial charge in [0.1, 0.15) is 11.0 Å². The average molecular weight is 263 g/mol. The Morgan fingerprint density at radius 3 is 2.72 bits per heavy atom. The monoisotopic (exact) mass is 263 g/mol. The number of nitrogens with two attached hydrogens (primary N) is 2. The van der Waals surface area contributed by atoms with Crippen LogP contribution >= 0.6 is 12.2 Å². The molecule has 2 rings (SSSR count). The summed E-state index contributed by atoms with van der Waals surface area (Å²) in [7, 11) is 0. The lowest BCUT2D eigenvalue weighted by Gasteiger charge is -2.25. The van der Waals surface area contributed by atoms with Crippen LogP contribution in [0.3, 0.4) is 0 Å². The van der Waals surface area contributed by atoms with Gasteiger partial charge in [-0.3, -0.25) is 4.79 Å². The van der Waals surface area contributed by atoms with E-state index in [2.05, 4.69) is 4.90 Å². The van der Waals surface area contributed by atoms with Gasteiger partial charge in [-0.15, -0.1) is 0 Å². The van der Waals surface area contributed by atoms with Crippen LogP contribution in [-0.2, 0) is 4.79 Å². The lowest BCUT2D eigenvalue weighted by molar-refractivity contribution is -0.119. The predicted octanol–water partition coefficient (Wildman–Crippen LogP) is 1.08. The number of nitrogens with zero attached hydrogens (tertiary/aromatic N) is 1. The van der Waals surface area contributed by atoms with Crippen LogP contribution in [0.2, 0.25) is 0 Å². The second-order valence-electron chi connectivity index (χ2n) is 4.62. The lowest BCUT2D eigenvalue weighted by atomic mass is 10.1. The molecule has 1 amide bonds. The van der Waals surface area contributed by atoms with Crippen molar-refractivity contribution in [2.24, 2.45) is 11.5 Å². The third kappa shape index (κ3) is 2.31. The number of rotatable bonds is 3. The van der Waals surface area contributed by atoms with Crippen LogP contribution in [0.4, 0.5) is 5.69 Å². The molecule has 1 aliphatic heterocycles. The SMILES string of the molecule is Cc1cc(N2CCCC2C(N)=O)ccc1C(N)=S. The highest BCUT2D eigenvalue weighted by Gasteiger charge is 2.29. The first kappa shape index (κ1) is 12.8. The molecule has 1 unspecified atom stereocenters. The summed E-state index contributed by atoms with van der Waals surface area (Å²) < 4.78 is 0. The normalized spacial score (nSPS) is 18.9. The van der Waals surface area contributed by atoms with Gasteiger partial charge in [-0.2, -0.15) is 0 Å². The summed E-state index contributed by atoms with van der Waals surface area (Å²) in [6, 6.07) is 5.67. The van der Waals surface area contributed by atoms with E-state index in [0.29, 0.717) is 4.99 Å². The van der Waals surface area contributed by atoms with Crippen LogP contribution in [0, 0.1) is 6.92 Å². The number of carbonyl (C=O) groups is 1. The molecule has 4 N–H and O–H groups in total. The quantitative estimate of drug-likeness (QED) is 0.801. The molecule has 18 heavy (non-hydrogen) atoms. The number of hydrogen-bond acceptors (Lipinski definition) is 3. The van der Waals surface area contributed by atoms with Crippen molar-refractivity contribution in [3.63, 3.8) is 0 Å². The van der Waals surface area contributed by atoms with E-state index in [9.17, 15) is 4.79 Å². The van der Waals surface area contributed by atoms with Crippen molar-refractivity contribution in [1.29, 1.82) is 0 Å². The van der Waals surface area contributed by atoms with Crippen LogP contribution in [0.1, 0.15) is 24.0 Å². The Balaban J connectivity index is 2.32. The molecule has 1 aromatic carbocycles. The number of aryl methyl sites for hydroxylation is 1. The topological polar surface area (TPSA) is 72.3 Å². The molecule has 0 aromatic heterocycles. The van der Waals surface area contributed by atoms with Gasteiger partial charge in [-0.1, -0.05) is 12.2 Å². The fourth-order valence-corrected chi connectivity index (χ4v) is 2.70. The van der Waals surface area contributed by atoms with Gasteiger partial charge in [0.25, 0.3) is 0 Å². The first-order chi connectivity index (χ1) is 8.50. The minimum Gasteiger partial charge on any atom is -0.389 e. The van der Waals surface area contributed by atoms with Crippen molar-refractivity contribution in [2.75, 3.05) is 11.4 Å². The van der Waals surface area contributed by atoms with Gasteiger partial charge in [-0.25, -0.2) is 0 Å². The van der Waals surface area contributed by atoms with Crippen LogP contribution in [0.5, 0.6) is 0 Å². The highest BCUT2D eigenvalue weighted by molar-refractivity contribution is 7.80. The summed E-state index contributed by atoms with van der Waals surface area (Å²) in [5.74, 6) is -0.261. The van der Waals surface area contributed by atoms with Crippen LogP contribution < -0.4 is 16.4 Å². The molecule has 0 aliphatic carbocycles. The molecule has 5 heteroatoms. The Bertz CT molecular complexity index is 501. The number of hydrogen-bond donors (Lipinski definition) is 2.